The molecule has 2 nitrogen and oxygen atoms in total. The third-order valence-corrected chi connectivity index (χ3v) is 12.8. The van der Waals surface area contributed by atoms with Gasteiger partial charge in [0.1, 0.15) is 0 Å². The SMILES string of the molecule is c1ccc(-c2cc(N(c3ccc(-c4cccc5ccccc45)cc3)c3ccccc3-c3ccccc3)ccc2-c2ccccc2-n2c3ccccc3c3cc4ccccc4cc32)cc1. The van der Waals surface area contributed by atoms with E-state index in [-0.39, 0.29) is 0 Å². The second-order valence-corrected chi connectivity index (χ2v) is 16.5. The van der Waals surface area contributed by atoms with Crippen LogP contribution in [-0.4, -0.2) is 4.57 Å². The Balaban J connectivity index is 1.07. The Labute approximate surface area is 373 Å². The molecular weight excluding hydrogens is 773 g/mol. The minimum Gasteiger partial charge on any atom is -0.310 e. The molecule has 1 heterocycles. The van der Waals surface area contributed by atoms with Crippen molar-refractivity contribution in [1.29, 1.82) is 0 Å². The maximum absolute atomic E-state index is 2.47. The molecule has 1 aromatic heterocycles. The minimum atomic E-state index is 1.07. The molecule has 12 aromatic rings. The summed E-state index contributed by atoms with van der Waals surface area (Å²) in [6.07, 6.45) is 0. The van der Waals surface area contributed by atoms with Crippen LogP contribution in [0.3, 0.4) is 0 Å². The lowest BCUT2D eigenvalue weighted by Crippen LogP contribution is -2.11. The smallest absolute Gasteiger partial charge is 0.0547 e. The van der Waals surface area contributed by atoms with Gasteiger partial charge in [0.2, 0.25) is 0 Å². The van der Waals surface area contributed by atoms with Crippen LogP contribution in [-0.2, 0) is 0 Å². The molecule has 0 saturated heterocycles. The Hall–Kier alpha value is -8.46. The molecule has 0 N–H and O–H groups in total. The van der Waals surface area contributed by atoms with E-state index in [1.165, 1.54) is 71.2 Å². The van der Waals surface area contributed by atoms with Gasteiger partial charge in [-0.3, -0.25) is 0 Å². The topological polar surface area (TPSA) is 8.17 Å². The van der Waals surface area contributed by atoms with Crippen molar-refractivity contribution in [3.63, 3.8) is 0 Å². The zero-order valence-electron chi connectivity index (χ0n) is 35.1. The van der Waals surface area contributed by atoms with E-state index in [9.17, 15) is 0 Å². The van der Waals surface area contributed by atoms with Gasteiger partial charge in [-0.1, -0.05) is 200 Å². The van der Waals surface area contributed by atoms with Crippen molar-refractivity contribution in [1.82, 2.24) is 4.57 Å². The van der Waals surface area contributed by atoms with Crippen molar-refractivity contribution in [2.24, 2.45) is 0 Å². The molecule has 0 atom stereocenters. The molecule has 0 aliphatic rings. The first kappa shape index (κ1) is 37.3. The summed E-state index contributed by atoms with van der Waals surface area (Å²) in [5.74, 6) is 0. The third kappa shape index (κ3) is 6.44. The molecule has 0 bridgehead atoms. The van der Waals surface area contributed by atoms with Crippen LogP contribution in [0.5, 0.6) is 0 Å². The fraction of sp³-hybridized carbons (Fsp3) is 0. The average Bonchev–Trinajstić information content (AvgIpc) is 3.69. The van der Waals surface area contributed by atoms with Crippen molar-refractivity contribution in [2.45, 2.75) is 0 Å². The van der Waals surface area contributed by atoms with E-state index in [4.69, 9.17) is 0 Å². The van der Waals surface area contributed by atoms with E-state index in [1.54, 1.807) is 0 Å². The summed E-state index contributed by atoms with van der Waals surface area (Å²) in [5, 5.41) is 7.46. The molecular formula is C62H42N2. The van der Waals surface area contributed by atoms with Gasteiger partial charge in [-0.2, -0.15) is 0 Å². The first-order valence-corrected chi connectivity index (χ1v) is 22.0. The maximum Gasteiger partial charge on any atom is 0.0547 e. The van der Waals surface area contributed by atoms with Crippen molar-refractivity contribution in [3.8, 4) is 50.2 Å². The van der Waals surface area contributed by atoms with Gasteiger partial charge in [0, 0.05) is 33.3 Å². The molecule has 2 heteroatoms. The summed E-state index contributed by atoms with van der Waals surface area (Å²) in [4.78, 5) is 2.43. The highest BCUT2D eigenvalue weighted by molar-refractivity contribution is 6.14. The molecule has 11 aromatic carbocycles. The molecule has 64 heavy (non-hydrogen) atoms. The highest BCUT2D eigenvalue weighted by atomic mass is 15.1. The molecule has 0 aliphatic heterocycles. The molecule has 300 valence electrons. The standard InChI is InChI=1S/C62H42N2/c1-3-18-44(19-4-1)53-27-11-14-31-59(53)63(49-36-34-46(35-37-49)52-30-17-25-43-22-9-10-26-51(43)52)50-38-39-54(57(42-50)45-20-5-2-6-21-45)55-28-12-15-32-60(55)64-61-33-16-13-29-56(61)58-40-47-23-7-8-24-48(47)41-62(58)64/h1-42H. The van der Waals surface area contributed by atoms with Gasteiger partial charge in [-0.05, 0) is 110 Å². The molecule has 0 radical (unpaired) electrons. The van der Waals surface area contributed by atoms with E-state index in [0.29, 0.717) is 0 Å². The van der Waals surface area contributed by atoms with Crippen LogP contribution in [0.25, 0.3) is 93.5 Å². The lowest BCUT2D eigenvalue weighted by molar-refractivity contribution is 1.18. The van der Waals surface area contributed by atoms with Crippen LogP contribution >= 0.6 is 0 Å². The number of rotatable bonds is 8. The molecule has 0 amide bonds. The summed E-state index contributed by atoms with van der Waals surface area (Å²) in [5.41, 5.74) is 16.2. The van der Waals surface area contributed by atoms with Gasteiger partial charge in [0.15, 0.2) is 0 Å². The second-order valence-electron chi connectivity index (χ2n) is 16.5. The largest absolute Gasteiger partial charge is 0.310 e. The summed E-state index contributed by atoms with van der Waals surface area (Å²) in [6.45, 7) is 0. The third-order valence-electron chi connectivity index (χ3n) is 12.8. The summed E-state index contributed by atoms with van der Waals surface area (Å²) >= 11 is 0. The van der Waals surface area contributed by atoms with Crippen molar-refractivity contribution in [3.05, 3.63) is 255 Å². The van der Waals surface area contributed by atoms with Gasteiger partial charge in [-0.15, -0.1) is 0 Å². The number of aromatic nitrogens is 1. The van der Waals surface area contributed by atoms with E-state index < -0.39 is 0 Å². The van der Waals surface area contributed by atoms with Gasteiger partial charge >= 0.3 is 0 Å². The van der Waals surface area contributed by atoms with Crippen molar-refractivity contribution in [2.75, 3.05) is 4.90 Å². The van der Waals surface area contributed by atoms with Crippen LogP contribution in [0, 0.1) is 0 Å². The van der Waals surface area contributed by atoms with Crippen molar-refractivity contribution < 1.29 is 0 Å². The Morgan fingerprint density at radius 2 is 0.812 bits per heavy atom. The van der Waals surface area contributed by atoms with Crippen LogP contribution in [0.15, 0.2) is 255 Å². The number of fused-ring (bicyclic) bond motifs is 5. The molecule has 0 saturated carbocycles. The predicted octanol–water partition coefficient (Wildman–Crippen LogP) is 17.2. The Morgan fingerprint density at radius 3 is 1.59 bits per heavy atom. The highest BCUT2D eigenvalue weighted by Gasteiger charge is 2.22. The molecule has 0 fully saturated rings. The molecule has 0 spiro atoms. The minimum absolute atomic E-state index is 1.07. The lowest BCUT2D eigenvalue weighted by Gasteiger charge is -2.29. The van der Waals surface area contributed by atoms with E-state index in [1.807, 2.05) is 0 Å². The number of para-hydroxylation sites is 3. The van der Waals surface area contributed by atoms with Crippen molar-refractivity contribution >= 4 is 60.4 Å². The zero-order chi connectivity index (χ0) is 42.4. The van der Waals surface area contributed by atoms with Crippen LogP contribution in [0.1, 0.15) is 0 Å². The first-order chi connectivity index (χ1) is 31.8. The molecule has 12 rings (SSSR count). The number of anilines is 3. The van der Waals surface area contributed by atoms with Gasteiger partial charge in [0.05, 0.1) is 22.4 Å². The Bertz CT molecular complexity index is 3650. The Morgan fingerprint density at radius 1 is 0.266 bits per heavy atom. The summed E-state index contributed by atoms with van der Waals surface area (Å²) in [7, 11) is 0. The van der Waals surface area contributed by atoms with Gasteiger partial charge in [0.25, 0.3) is 0 Å². The molecule has 0 aliphatic carbocycles. The quantitative estimate of drug-likeness (QED) is 0.148. The monoisotopic (exact) mass is 814 g/mol. The first-order valence-electron chi connectivity index (χ1n) is 22.0. The fourth-order valence-electron chi connectivity index (χ4n) is 9.80. The van der Waals surface area contributed by atoms with E-state index in [0.717, 1.165) is 39.4 Å². The highest BCUT2D eigenvalue weighted by Crippen LogP contribution is 2.46. The lowest BCUT2D eigenvalue weighted by atomic mass is 9.92. The summed E-state index contributed by atoms with van der Waals surface area (Å²) < 4.78 is 2.47. The number of nitrogens with zero attached hydrogens (tertiary/aromatic N) is 2. The Kier molecular flexibility index (Phi) is 9.20. The number of benzene rings is 11. The van der Waals surface area contributed by atoms with E-state index in [2.05, 4.69) is 264 Å². The van der Waals surface area contributed by atoms with Crippen LogP contribution in [0.4, 0.5) is 17.1 Å². The second kappa shape index (κ2) is 15.8. The van der Waals surface area contributed by atoms with E-state index >= 15 is 0 Å². The predicted molar refractivity (Wildman–Crippen MR) is 272 cm³/mol. The maximum atomic E-state index is 2.47. The number of hydrogen-bond donors (Lipinski definition) is 0. The van der Waals surface area contributed by atoms with Crippen LogP contribution < -0.4 is 4.90 Å². The van der Waals surface area contributed by atoms with Gasteiger partial charge in [-0.25, -0.2) is 0 Å². The average molecular weight is 815 g/mol. The summed E-state index contributed by atoms with van der Waals surface area (Å²) in [6, 6.07) is 92.8. The van der Waals surface area contributed by atoms with Gasteiger partial charge < -0.3 is 9.47 Å². The normalized spacial score (nSPS) is 11.4. The number of hydrogen-bond acceptors (Lipinski definition) is 1. The fourth-order valence-corrected chi connectivity index (χ4v) is 9.80. The zero-order valence-corrected chi connectivity index (χ0v) is 35.1. The molecule has 0 unspecified atom stereocenters. The van der Waals surface area contributed by atoms with Crippen LogP contribution in [0.2, 0.25) is 0 Å².